The predicted octanol–water partition coefficient (Wildman–Crippen LogP) is 5.43. The van der Waals surface area contributed by atoms with Gasteiger partial charge in [-0.15, -0.1) is 11.8 Å². The number of ether oxygens (including phenoxy) is 1. The number of aryl methyl sites for hydroxylation is 2. The summed E-state index contributed by atoms with van der Waals surface area (Å²) in [5.74, 6) is 1.66. The van der Waals surface area contributed by atoms with E-state index < -0.39 is 0 Å². The molecule has 0 radical (unpaired) electrons. The number of fused-ring (bicyclic) bond motifs is 1. The van der Waals surface area contributed by atoms with Crippen molar-refractivity contribution in [2.75, 3.05) is 18.2 Å². The molecule has 3 rings (SSSR count). The summed E-state index contributed by atoms with van der Waals surface area (Å²) < 4.78 is 6.41. The second-order valence-electron chi connectivity index (χ2n) is 6.09. The molecule has 0 spiro atoms. The van der Waals surface area contributed by atoms with Gasteiger partial charge >= 0.3 is 0 Å². The molecule has 0 aliphatic rings. The number of anilines is 1. The van der Waals surface area contributed by atoms with Gasteiger partial charge in [0.2, 0.25) is 5.91 Å². The topological polar surface area (TPSA) is 51.2 Å². The van der Waals surface area contributed by atoms with Crippen molar-refractivity contribution in [1.82, 2.24) is 4.98 Å². The van der Waals surface area contributed by atoms with Crippen molar-refractivity contribution in [3.8, 4) is 5.75 Å². The summed E-state index contributed by atoms with van der Waals surface area (Å²) in [7, 11) is 1.63. The second kappa shape index (κ2) is 8.56. The fourth-order valence-corrected chi connectivity index (χ4v) is 4.39. The van der Waals surface area contributed by atoms with E-state index in [1.807, 2.05) is 19.1 Å². The zero-order valence-corrected chi connectivity index (χ0v) is 16.8. The molecular weight excluding hydrogens is 364 g/mol. The Bertz CT molecular complexity index is 904. The summed E-state index contributed by atoms with van der Waals surface area (Å²) in [6, 6.07) is 12.4. The Hall–Kier alpha value is -2.05. The Morgan fingerprint density at radius 1 is 1.19 bits per heavy atom. The molecule has 0 bridgehead atoms. The molecule has 0 fully saturated rings. The van der Waals surface area contributed by atoms with Gasteiger partial charge in [-0.2, -0.15) is 0 Å². The van der Waals surface area contributed by atoms with Crippen LogP contribution in [0, 0.1) is 13.8 Å². The van der Waals surface area contributed by atoms with Gasteiger partial charge in [0.25, 0.3) is 0 Å². The number of methoxy groups -OCH3 is 1. The van der Waals surface area contributed by atoms with Crippen LogP contribution in [0.1, 0.15) is 24.0 Å². The van der Waals surface area contributed by atoms with Gasteiger partial charge in [0.1, 0.15) is 11.3 Å². The van der Waals surface area contributed by atoms with Gasteiger partial charge in [-0.1, -0.05) is 35.1 Å². The van der Waals surface area contributed by atoms with Gasteiger partial charge in [0.05, 0.1) is 11.8 Å². The Balaban J connectivity index is 1.52. The summed E-state index contributed by atoms with van der Waals surface area (Å²) in [5.41, 5.74) is 3.20. The van der Waals surface area contributed by atoms with Gasteiger partial charge in [-0.25, -0.2) is 4.98 Å². The fraction of sp³-hybridized carbons (Fsp3) is 0.300. The van der Waals surface area contributed by atoms with Gasteiger partial charge < -0.3 is 10.1 Å². The molecule has 0 saturated carbocycles. The Labute approximate surface area is 162 Å². The number of carbonyl (C=O) groups is 1. The molecule has 4 nitrogen and oxygen atoms in total. The molecule has 2 aromatic carbocycles. The van der Waals surface area contributed by atoms with Crippen LogP contribution in [-0.2, 0) is 4.79 Å². The molecule has 1 N–H and O–H groups in total. The highest BCUT2D eigenvalue weighted by Crippen LogP contribution is 2.34. The van der Waals surface area contributed by atoms with Gasteiger partial charge in [-0.05, 0) is 49.8 Å². The molecule has 0 aliphatic heterocycles. The summed E-state index contributed by atoms with van der Waals surface area (Å²) in [4.78, 5) is 18.0. The van der Waals surface area contributed by atoms with E-state index in [1.54, 1.807) is 18.9 Å². The van der Waals surface area contributed by atoms with Crippen molar-refractivity contribution in [1.29, 1.82) is 0 Å². The number of hydrogen-bond donors (Lipinski definition) is 1. The fourth-order valence-electron chi connectivity index (χ4n) is 2.57. The maximum Gasteiger partial charge on any atom is 0.226 e. The maximum atomic E-state index is 12.2. The van der Waals surface area contributed by atoms with E-state index in [9.17, 15) is 4.79 Å². The van der Waals surface area contributed by atoms with Gasteiger partial charge in [-0.3, -0.25) is 4.79 Å². The summed E-state index contributed by atoms with van der Waals surface area (Å²) in [5, 5.41) is 3.55. The van der Waals surface area contributed by atoms with Crippen LogP contribution in [0.4, 0.5) is 5.13 Å². The highest BCUT2D eigenvalue weighted by atomic mass is 32.2. The standard InChI is InChI=1S/C20H22N2O2S2/c1-13-6-9-15(10-7-13)25-12-4-5-17(23)21-20-22-18-16(24-3)11-8-14(2)19(18)26-20/h6-11H,4-5,12H2,1-3H3,(H,21,22,23). The highest BCUT2D eigenvalue weighted by molar-refractivity contribution is 7.99. The van der Waals surface area contributed by atoms with Gasteiger partial charge in [0, 0.05) is 11.3 Å². The number of nitrogens with zero attached hydrogens (tertiary/aromatic N) is 1. The molecular formula is C20H22N2O2S2. The number of thioether (sulfide) groups is 1. The van der Waals surface area contributed by atoms with Crippen molar-refractivity contribution < 1.29 is 9.53 Å². The summed E-state index contributed by atoms with van der Waals surface area (Å²) in [6.07, 6.45) is 1.32. The lowest BCUT2D eigenvalue weighted by Crippen LogP contribution is -2.11. The van der Waals surface area contributed by atoms with Crippen molar-refractivity contribution in [3.05, 3.63) is 47.5 Å². The lowest BCUT2D eigenvalue weighted by molar-refractivity contribution is -0.116. The number of amides is 1. The molecule has 1 heterocycles. The summed E-state index contributed by atoms with van der Waals surface area (Å²) >= 11 is 3.27. The zero-order valence-electron chi connectivity index (χ0n) is 15.2. The first kappa shape index (κ1) is 18.7. The average Bonchev–Trinajstić information content (AvgIpc) is 3.05. The second-order valence-corrected chi connectivity index (χ2v) is 8.26. The normalized spacial score (nSPS) is 10.9. The van der Waals surface area contributed by atoms with Crippen LogP contribution in [0.5, 0.6) is 5.75 Å². The van der Waals surface area contributed by atoms with Crippen molar-refractivity contribution in [2.45, 2.75) is 31.6 Å². The third kappa shape index (κ3) is 4.56. The lowest BCUT2D eigenvalue weighted by atomic mass is 10.2. The molecule has 26 heavy (non-hydrogen) atoms. The number of thiazole rings is 1. The Morgan fingerprint density at radius 3 is 2.69 bits per heavy atom. The smallest absolute Gasteiger partial charge is 0.226 e. The minimum atomic E-state index is 0.00480. The molecule has 0 atom stereocenters. The van der Waals surface area contributed by atoms with Crippen LogP contribution >= 0.6 is 23.1 Å². The third-order valence-corrected chi connectivity index (χ3v) is 6.21. The first-order valence-corrected chi connectivity index (χ1v) is 10.3. The van der Waals surface area contributed by atoms with Crippen molar-refractivity contribution >= 4 is 44.4 Å². The molecule has 136 valence electrons. The monoisotopic (exact) mass is 386 g/mol. The molecule has 1 aromatic heterocycles. The van der Waals surface area contributed by atoms with Crippen LogP contribution in [0.25, 0.3) is 10.2 Å². The molecule has 0 aliphatic carbocycles. The minimum Gasteiger partial charge on any atom is -0.494 e. The highest BCUT2D eigenvalue weighted by Gasteiger charge is 2.13. The van der Waals surface area contributed by atoms with E-state index in [0.29, 0.717) is 11.6 Å². The summed E-state index contributed by atoms with van der Waals surface area (Å²) in [6.45, 7) is 4.12. The van der Waals surface area contributed by atoms with Crippen molar-refractivity contribution in [3.63, 3.8) is 0 Å². The predicted molar refractivity (Wildman–Crippen MR) is 111 cm³/mol. The molecule has 0 saturated heterocycles. The van der Waals surface area contributed by atoms with Crippen LogP contribution in [0.3, 0.4) is 0 Å². The quantitative estimate of drug-likeness (QED) is 0.434. The molecule has 6 heteroatoms. The molecule has 1 amide bonds. The lowest BCUT2D eigenvalue weighted by Gasteiger charge is -2.03. The van der Waals surface area contributed by atoms with E-state index in [4.69, 9.17) is 4.74 Å². The minimum absolute atomic E-state index is 0.00480. The van der Waals surface area contributed by atoms with E-state index in [-0.39, 0.29) is 5.91 Å². The van der Waals surface area contributed by atoms with Crippen LogP contribution in [0.15, 0.2) is 41.3 Å². The van der Waals surface area contributed by atoms with Crippen LogP contribution in [-0.4, -0.2) is 23.8 Å². The third-order valence-electron chi connectivity index (χ3n) is 4.01. The van der Waals surface area contributed by atoms with Crippen molar-refractivity contribution in [2.24, 2.45) is 0 Å². The van der Waals surface area contributed by atoms with E-state index in [1.165, 1.54) is 21.8 Å². The zero-order chi connectivity index (χ0) is 18.5. The number of benzene rings is 2. The average molecular weight is 387 g/mol. The van der Waals surface area contributed by atoms with Gasteiger partial charge in [0.15, 0.2) is 5.13 Å². The number of carbonyl (C=O) groups excluding carboxylic acids is 1. The first-order valence-electron chi connectivity index (χ1n) is 8.50. The maximum absolute atomic E-state index is 12.2. The molecule has 3 aromatic rings. The number of aromatic nitrogens is 1. The number of rotatable bonds is 7. The Morgan fingerprint density at radius 2 is 1.96 bits per heavy atom. The SMILES string of the molecule is COc1ccc(C)c2sc(NC(=O)CCCSc3ccc(C)cc3)nc12. The Kier molecular flexibility index (Phi) is 6.16. The van der Waals surface area contributed by atoms with Crippen LogP contribution < -0.4 is 10.1 Å². The first-order chi connectivity index (χ1) is 12.6. The number of nitrogens with one attached hydrogen (secondary N) is 1. The van der Waals surface area contributed by atoms with Crippen LogP contribution in [0.2, 0.25) is 0 Å². The van der Waals surface area contributed by atoms with E-state index in [2.05, 4.69) is 41.5 Å². The van der Waals surface area contributed by atoms with E-state index >= 15 is 0 Å². The number of hydrogen-bond acceptors (Lipinski definition) is 5. The van der Waals surface area contributed by atoms with E-state index in [0.717, 1.165) is 33.7 Å². The largest absolute Gasteiger partial charge is 0.494 e. The molecule has 0 unspecified atom stereocenters.